The Balaban J connectivity index is 2.17. The van der Waals surface area contributed by atoms with Crippen molar-refractivity contribution in [2.45, 2.75) is 12.5 Å². The number of carbonyl (C=O) groups is 1. The van der Waals surface area contributed by atoms with Gasteiger partial charge in [0, 0.05) is 23.6 Å². The molecule has 3 nitrogen and oxygen atoms in total. The average molecular weight is 301 g/mol. The highest BCUT2D eigenvalue weighted by Crippen LogP contribution is 2.19. The molecule has 1 N–H and O–H groups in total. The lowest BCUT2D eigenvalue weighted by Crippen LogP contribution is -2.33. The minimum absolute atomic E-state index is 0.135. The molecule has 1 fully saturated rings. The third-order valence-electron chi connectivity index (χ3n) is 3.04. The number of amides is 1. The summed E-state index contributed by atoms with van der Waals surface area (Å²) in [6.45, 7) is 1.32. The molecule has 17 heavy (non-hydrogen) atoms. The van der Waals surface area contributed by atoms with Gasteiger partial charge in [0.15, 0.2) is 0 Å². The molecule has 1 unspecified atom stereocenters. The summed E-state index contributed by atoms with van der Waals surface area (Å²) < 4.78 is 14.3. The van der Waals surface area contributed by atoms with E-state index in [0.29, 0.717) is 23.6 Å². The van der Waals surface area contributed by atoms with Crippen LogP contribution in [-0.4, -0.2) is 37.0 Å². The first-order valence-corrected chi connectivity index (χ1v) is 6.32. The number of nitrogens with one attached hydrogen (secondary N) is 1. The Bertz CT molecular complexity index is 439. The first-order chi connectivity index (χ1) is 8.11. The van der Waals surface area contributed by atoms with Crippen molar-refractivity contribution < 1.29 is 9.18 Å². The minimum atomic E-state index is -0.467. The minimum Gasteiger partial charge on any atom is -0.337 e. The van der Waals surface area contributed by atoms with Crippen molar-refractivity contribution in [3.05, 3.63) is 34.1 Å². The van der Waals surface area contributed by atoms with Crippen LogP contribution in [-0.2, 0) is 0 Å². The fourth-order valence-electron chi connectivity index (χ4n) is 2.01. The van der Waals surface area contributed by atoms with E-state index in [1.807, 2.05) is 7.05 Å². The largest absolute Gasteiger partial charge is 0.337 e. The SMILES string of the molecule is CNC1CCN(C(=O)c2cc(Br)ccc2F)C1. The normalized spacial score (nSPS) is 19.7. The molecule has 0 aliphatic carbocycles. The summed E-state index contributed by atoms with van der Waals surface area (Å²) in [5, 5.41) is 3.13. The quantitative estimate of drug-likeness (QED) is 0.906. The number of rotatable bonds is 2. The van der Waals surface area contributed by atoms with Gasteiger partial charge in [-0.05, 0) is 31.7 Å². The molecule has 1 amide bonds. The maximum atomic E-state index is 13.6. The maximum absolute atomic E-state index is 13.6. The van der Waals surface area contributed by atoms with E-state index in [4.69, 9.17) is 0 Å². The zero-order chi connectivity index (χ0) is 12.4. The van der Waals surface area contributed by atoms with Crippen LogP contribution in [0.4, 0.5) is 4.39 Å². The van der Waals surface area contributed by atoms with Gasteiger partial charge in [0.05, 0.1) is 5.56 Å². The maximum Gasteiger partial charge on any atom is 0.256 e. The van der Waals surface area contributed by atoms with Crippen molar-refractivity contribution in [3.63, 3.8) is 0 Å². The highest BCUT2D eigenvalue weighted by molar-refractivity contribution is 9.10. The summed E-state index contributed by atoms with van der Waals surface area (Å²) >= 11 is 3.25. The van der Waals surface area contributed by atoms with Gasteiger partial charge >= 0.3 is 0 Å². The van der Waals surface area contributed by atoms with Gasteiger partial charge in [-0.2, -0.15) is 0 Å². The monoisotopic (exact) mass is 300 g/mol. The number of nitrogens with zero attached hydrogens (tertiary/aromatic N) is 1. The molecular weight excluding hydrogens is 287 g/mol. The zero-order valence-corrected chi connectivity index (χ0v) is 11.1. The van der Waals surface area contributed by atoms with Crippen LogP contribution in [0, 0.1) is 5.82 Å². The number of benzene rings is 1. The first-order valence-electron chi connectivity index (χ1n) is 5.53. The predicted molar refractivity (Wildman–Crippen MR) is 67.5 cm³/mol. The van der Waals surface area contributed by atoms with Gasteiger partial charge in [-0.25, -0.2) is 4.39 Å². The molecule has 1 aliphatic heterocycles. The zero-order valence-electron chi connectivity index (χ0n) is 9.54. The van der Waals surface area contributed by atoms with Crippen molar-refractivity contribution in [2.75, 3.05) is 20.1 Å². The van der Waals surface area contributed by atoms with Crippen molar-refractivity contribution in [1.82, 2.24) is 10.2 Å². The number of likely N-dealkylation sites (tertiary alicyclic amines) is 1. The summed E-state index contributed by atoms with van der Waals surface area (Å²) in [6.07, 6.45) is 0.915. The highest BCUT2D eigenvalue weighted by atomic mass is 79.9. The smallest absolute Gasteiger partial charge is 0.256 e. The molecule has 1 heterocycles. The lowest BCUT2D eigenvalue weighted by atomic mass is 10.2. The fraction of sp³-hybridized carbons (Fsp3) is 0.417. The van der Waals surface area contributed by atoms with E-state index in [9.17, 15) is 9.18 Å². The predicted octanol–water partition coefficient (Wildman–Crippen LogP) is 2.02. The second-order valence-corrected chi connectivity index (χ2v) is 5.07. The lowest BCUT2D eigenvalue weighted by Gasteiger charge is -2.17. The van der Waals surface area contributed by atoms with Gasteiger partial charge in [0.25, 0.3) is 5.91 Å². The number of hydrogen-bond acceptors (Lipinski definition) is 2. The van der Waals surface area contributed by atoms with Crippen LogP contribution >= 0.6 is 15.9 Å². The number of carbonyl (C=O) groups excluding carboxylic acids is 1. The molecule has 0 bridgehead atoms. The molecule has 0 spiro atoms. The topological polar surface area (TPSA) is 32.3 Å². The number of hydrogen-bond donors (Lipinski definition) is 1. The number of likely N-dealkylation sites (N-methyl/N-ethyl adjacent to an activating group) is 1. The van der Waals surface area contributed by atoms with Crippen LogP contribution in [0.2, 0.25) is 0 Å². The molecule has 92 valence electrons. The molecule has 1 aliphatic rings. The first kappa shape index (κ1) is 12.5. The fourth-order valence-corrected chi connectivity index (χ4v) is 2.37. The number of halogens is 2. The van der Waals surface area contributed by atoms with Gasteiger partial charge in [-0.15, -0.1) is 0 Å². The summed E-state index contributed by atoms with van der Waals surface area (Å²) in [5.74, 6) is -0.701. The Kier molecular flexibility index (Phi) is 3.79. The van der Waals surface area contributed by atoms with Crippen LogP contribution in [0.3, 0.4) is 0 Å². The van der Waals surface area contributed by atoms with Crippen LogP contribution in [0.15, 0.2) is 22.7 Å². The standard InChI is InChI=1S/C12H14BrFN2O/c1-15-9-4-5-16(7-9)12(17)10-6-8(13)2-3-11(10)14/h2-3,6,9,15H,4-5,7H2,1H3. The molecule has 0 saturated carbocycles. The third kappa shape index (κ3) is 2.66. The Labute approximate surface area is 108 Å². The Morgan fingerprint density at radius 3 is 3.00 bits per heavy atom. The van der Waals surface area contributed by atoms with Gasteiger partial charge in [-0.3, -0.25) is 4.79 Å². The van der Waals surface area contributed by atoms with E-state index >= 15 is 0 Å². The molecule has 1 aromatic carbocycles. The van der Waals surface area contributed by atoms with Crippen molar-refractivity contribution in [1.29, 1.82) is 0 Å². The lowest BCUT2D eigenvalue weighted by molar-refractivity contribution is 0.0785. The van der Waals surface area contributed by atoms with E-state index in [-0.39, 0.29) is 11.5 Å². The van der Waals surface area contributed by atoms with Gasteiger partial charge in [-0.1, -0.05) is 15.9 Å². The molecular formula is C12H14BrFN2O. The summed E-state index contributed by atoms with van der Waals surface area (Å²) in [5.41, 5.74) is 0.135. The van der Waals surface area contributed by atoms with E-state index < -0.39 is 5.82 Å². The molecule has 5 heteroatoms. The van der Waals surface area contributed by atoms with E-state index in [1.165, 1.54) is 12.1 Å². The molecule has 0 radical (unpaired) electrons. The summed E-state index contributed by atoms with van der Waals surface area (Å²) in [4.78, 5) is 13.8. The van der Waals surface area contributed by atoms with Crippen molar-refractivity contribution in [3.8, 4) is 0 Å². The van der Waals surface area contributed by atoms with Gasteiger partial charge in [0.1, 0.15) is 5.82 Å². The van der Waals surface area contributed by atoms with Crippen LogP contribution in [0.5, 0.6) is 0 Å². The molecule has 1 saturated heterocycles. The van der Waals surface area contributed by atoms with Gasteiger partial charge < -0.3 is 10.2 Å². The Morgan fingerprint density at radius 1 is 1.59 bits per heavy atom. The average Bonchev–Trinajstić information content (AvgIpc) is 2.80. The molecule has 1 aromatic rings. The second-order valence-electron chi connectivity index (χ2n) is 4.15. The van der Waals surface area contributed by atoms with Crippen LogP contribution in [0.1, 0.15) is 16.8 Å². The van der Waals surface area contributed by atoms with Crippen LogP contribution < -0.4 is 5.32 Å². The van der Waals surface area contributed by atoms with Crippen LogP contribution in [0.25, 0.3) is 0 Å². The summed E-state index contributed by atoms with van der Waals surface area (Å²) in [6, 6.07) is 4.74. The van der Waals surface area contributed by atoms with E-state index in [0.717, 1.165) is 6.42 Å². The third-order valence-corrected chi connectivity index (χ3v) is 3.54. The van der Waals surface area contributed by atoms with E-state index in [2.05, 4.69) is 21.2 Å². The highest BCUT2D eigenvalue weighted by Gasteiger charge is 2.27. The van der Waals surface area contributed by atoms with Crippen molar-refractivity contribution in [2.24, 2.45) is 0 Å². The molecule has 1 atom stereocenters. The van der Waals surface area contributed by atoms with Gasteiger partial charge in [0.2, 0.25) is 0 Å². The van der Waals surface area contributed by atoms with E-state index in [1.54, 1.807) is 11.0 Å². The molecule has 0 aromatic heterocycles. The summed E-state index contributed by atoms with van der Waals surface area (Å²) in [7, 11) is 1.87. The second kappa shape index (κ2) is 5.14. The molecule has 2 rings (SSSR count). The Hall–Kier alpha value is -0.940. The van der Waals surface area contributed by atoms with Crippen molar-refractivity contribution >= 4 is 21.8 Å². The Morgan fingerprint density at radius 2 is 2.35 bits per heavy atom.